The second-order valence-corrected chi connectivity index (χ2v) is 5.63. The minimum Gasteiger partial charge on any atom is -0.312 e. The third-order valence-electron chi connectivity index (χ3n) is 2.76. The average Bonchev–Trinajstić information content (AvgIpc) is 2.76. The van der Waals surface area contributed by atoms with Crippen LogP contribution in [0.2, 0.25) is 4.34 Å². The molecule has 0 amide bonds. The van der Waals surface area contributed by atoms with E-state index >= 15 is 0 Å². The zero-order chi connectivity index (χ0) is 13.1. The quantitative estimate of drug-likeness (QED) is 0.889. The molecule has 0 saturated heterocycles. The van der Waals surface area contributed by atoms with Crippen LogP contribution in [0.3, 0.4) is 0 Å². The van der Waals surface area contributed by atoms with Crippen molar-refractivity contribution in [2.24, 2.45) is 0 Å². The van der Waals surface area contributed by atoms with Crippen molar-refractivity contribution >= 4 is 22.9 Å². The fourth-order valence-electron chi connectivity index (χ4n) is 1.79. The van der Waals surface area contributed by atoms with Gasteiger partial charge in [-0.15, -0.1) is 11.3 Å². The van der Waals surface area contributed by atoms with Crippen LogP contribution >= 0.6 is 22.9 Å². The summed E-state index contributed by atoms with van der Waals surface area (Å²) in [6, 6.07) is 7.41. The first-order chi connectivity index (χ1) is 8.61. The standard InChI is InChI=1S/C13H12ClF2NS/c1-17-11(12-5-6-13(14)18-12)7-8-9(15)3-2-4-10(8)16/h2-6,11,17H,7H2,1H3. The molecule has 1 N–H and O–H groups in total. The van der Waals surface area contributed by atoms with E-state index in [0.717, 1.165) is 4.88 Å². The predicted octanol–water partition coefficient (Wildman–Crippen LogP) is 4.18. The van der Waals surface area contributed by atoms with Crippen molar-refractivity contribution in [2.45, 2.75) is 12.5 Å². The number of hydrogen-bond acceptors (Lipinski definition) is 2. The van der Waals surface area contributed by atoms with E-state index in [0.29, 0.717) is 4.34 Å². The second kappa shape index (κ2) is 5.78. The second-order valence-electron chi connectivity index (χ2n) is 3.89. The van der Waals surface area contributed by atoms with Crippen molar-refractivity contribution in [1.82, 2.24) is 5.32 Å². The van der Waals surface area contributed by atoms with Crippen molar-refractivity contribution in [3.05, 3.63) is 56.7 Å². The highest BCUT2D eigenvalue weighted by molar-refractivity contribution is 7.16. The maximum absolute atomic E-state index is 13.6. The normalized spacial score (nSPS) is 12.7. The monoisotopic (exact) mass is 287 g/mol. The SMILES string of the molecule is CNC(Cc1c(F)cccc1F)c1ccc(Cl)s1. The smallest absolute Gasteiger partial charge is 0.129 e. The van der Waals surface area contributed by atoms with Gasteiger partial charge in [0.2, 0.25) is 0 Å². The molecule has 0 bridgehead atoms. The summed E-state index contributed by atoms with van der Waals surface area (Å²) in [6.07, 6.45) is 0.256. The highest BCUT2D eigenvalue weighted by atomic mass is 35.5. The predicted molar refractivity (Wildman–Crippen MR) is 71.2 cm³/mol. The van der Waals surface area contributed by atoms with E-state index in [9.17, 15) is 8.78 Å². The van der Waals surface area contributed by atoms with Gasteiger partial charge in [-0.3, -0.25) is 0 Å². The highest BCUT2D eigenvalue weighted by Gasteiger charge is 2.17. The van der Waals surface area contributed by atoms with Gasteiger partial charge in [-0.25, -0.2) is 8.78 Å². The molecule has 18 heavy (non-hydrogen) atoms. The van der Waals surface area contributed by atoms with E-state index in [1.54, 1.807) is 13.1 Å². The van der Waals surface area contributed by atoms with Gasteiger partial charge >= 0.3 is 0 Å². The van der Waals surface area contributed by atoms with Crippen molar-refractivity contribution in [1.29, 1.82) is 0 Å². The molecule has 0 fully saturated rings. The Labute approximate surface area is 113 Å². The molecular formula is C13H12ClF2NS. The van der Waals surface area contributed by atoms with Crippen molar-refractivity contribution in [2.75, 3.05) is 7.05 Å². The Morgan fingerprint density at radius 1 is 1.22 bits per heavy atom. The largest absolute Gasteiger partial charge is 0.312 e. The molecule has 0 aliphatic rings. The van der Waals surface area contributed by atoms with Crippen LogP contribution < -0.4 is 5.32 Å². The third-order valence-corrected chi connectivity index (χ3v) is 4.10. The summed E-state index contributed by atoms with van der Waals surface area (Å²) in [4.78, 5) is 0.963. The van der Waals surface area contributed by atoms with Crippen LogP contribution in [0, 0.1) is 11.6 Å². The van der Waals surface area contributed by atoms with Gasteiger partial charge in [0.1, 0.15) is 11.6 Å². The molecule has 1 heterocycles. The number of nitrogens with one attached hydrogen (secondary N) is 1. The Bertz CT molecular complexity index is 521. The number of hydrogen-bond donors (Lipinski definition) is 1. The first-order valence-electron chi connectivity index (χ1n) is 5.47. The summed E-state index contributed by atoms with van der Waals surface area (Å²) >= 11 is 7.28. The van der Waals surface area contributed by atoms with Crippen LogP contribution in [0.5, 0.6) is 0 Å². The van der Waals surface area contributed by atoms with Gasteiger partial charge in [0.05, 0.1) is 4.34 Å². The number of likely N-dealkylation sites (N-methyl/N-ethyl adjacent to an activating group) is 1. The van der Waals surface area contributed by atoms with Gasteiger partial charge < -0.3 is 5.32 Å². The highest BCUT2D eigenvalue weighted by Crippen LogP contribution is 2.29. The molecule has 1 aromatic heterocycles. The Hall–Kier alpha value is -0.970. The minimum atomic E-state index is -0.516. The number of benzene rings is 1. The van der Waals surface area contributed by atoms with Crippen LogP contribution in [0.15, 0.2) is 30.3 Å². The maximum Gasteiger partial charge on any atom is 0.129 e. The lowest BCUT2D eigenvalue weighted by Crippen LogP contribution is -2.19. The van der Waals surface area contributed by atoms with Crippen LogP contribution in [0.25, 0.3) is 0 Å². The van der Waals surface area contributed by atoms with E-state index < -0.39 is 11.6 Å². The molecular weight excluding hydrogens is 276 g/mol. The molecule has 1 unspecified atom stereocenters. The van der Waals surface area contributed by atoms with Gasteiger partial charge in [-0.05, 0) is 37.7 Å². The zero-order valence-electron chi connectivity index (χ0n) is 9.71. The molecule has 0 aliphatic heterocycles. The Morgan fingerprint density at radius 2 is 1.89 bits per heavy atom. The molecule has 5 heteroatoms. The lowest BCUT2D eigenvalue weighted by Gasteiger charge is -2.15. The molecule has 1 atom stereocenters. The fourth-order valence-corrected chi connectivity index (χ4v) is 2.96. The van der Waals surface area contributed by atoms with Crippen LogP contribution in [0.1, 0.15) is 16.5 Å². The summed E-state index contributed by atoms with van der Waals surface area (Å²) in [5, 5.41) is 3.05. The number of thiophene rings is 1. The first-order valence-corrected chi connectivity index (χ1v) is 6.66. The molecule has 0 radical (unpaired) electrons. The zero-order valence-corrected chi connectivity index (χ0v) is 11.3. The summed E-state index contributed by atoms with van der Waals surface area (Å²) in [7, 11) is 1.76. The first kappa shape index (κ1) is 13.5. The molecule has 0 saturated carbocycles. The third kappa shape index (κ3) is 2.88. The summed E-state index contributed by atoms with van der Waals surface area (Å²) < 4.78 is 27.8. The van der Waals surface area contributed by atoms with Gasteiger partial charge in [0.15, 0.2) is 0 Å². The lowest BCUT2D eigenvalue weighted by molar-refractivity contribution is 0.518. The van der Waals surface area contributed by atoms with Crippen molar-refractivity contribution in [3.63, 3.8) is 0 Å². The van der Waals surface area contributed by atoms with E-state index in [2.05, 4.69) is 5.32 Å². The van der Waals surface area contributed by atoms with Crippen LogP contribution in [0.4, 0.5) is 8.78 Å². The summed E-state index contributed by atoms with van der Waals surface area (Å²) in [5.74, 6) is -1.03. The van der Waals surface area contributed by atoms with Crippen LogP contribution in [-0.4, -0.2) is 7.05 Å². The minimum absolute atomic E-state index is 0.0985. The summed E-state index contributed by atoms with van der Waals surface area (Å²) in [5.41, 5.74) is 0.0985. The van der Waals surface area contributed by atoms with E-state index in [1.807, 2.05) is 6.07 Å². The van der Waals surface area contributed by atoms with E-state index in [-0.39, 0.29) is 18.0 Å². The molecule has 2 rings (SSSR count). The van der Waals surface area contributed by atoms with Gasteiger partial charge in [0.25, 0.3) is 0 Å². The lowest BCUT2D eigenvalue weighted by atomic mass is 10.0. The molecule has 0 spiro atoms. The van der Waals surface area contributed by atoms with E-state index in [1.165, 1.54) is 29.5 Å². The van der Waals surface area contributed by atoms with Crippen molar-refractivity contribution < 1.29 is 8.78 Å². The van der Waals surface area contributed by atoms with Gasteiger partial charge in [0, 0.05) is 16.5 Å². The average molecular weight is 288 g/mol. The Balaban J connectivity index is 2.26. The molecule has 96 valence electrons. The molecule has 2 aromatic rings. The molecule has 0 aliphatic carbocycles. The maximum atomic E-state index is 13.6. The Morgan fingerprint density at radius 3 is 2.39 bits per heavy atom. The number of rotatable bonds is 4. The number of halogens is 3. The molecule has 1 aromatic carbocycles. The topological polar surface area (TPSA) is 12.0 Å². The van der Waals surface area contributed by atoms with E-state index in [4.69, 9.17) is 11.6 Å². The van der Waals surface area contributed by atoms with Gasteiger partial charge in [-0.1, -0.05) is 17.7 Å². The fraction of sp³-hybridized carbons (Fsp3) is 0.231. The van der Waals surface area contributed by atoms with Crippen LogP contribution in [-0.2, 0) is 6.42 Å². The van der Waals surface area contributed by atoms with Gasteiger partial charge in [-0.2, -0.15) is 0 Å². The Kier molecular flexibility index (Phi) is 4.32. The summed E-state index contributed by atoms with van der Waals surface area (Å²) in [6.45, 7) is 0. The molecule has 1 nitrogen and oxygen atoms in total. The van der Waals surface area contributed by atoms with Crippen molar-refractivity contribution in [3.8, 4) is 0 Å².